The number of carbonyl (C=O) groups excluding carboxylic acids is 2. The zero-order valence-corrected chi connectivity index (χ0v) is 14.6. The Bertz CT molecular complexity index is 538. The van der Waals surface area contributed by atoms with E-state index in [2.05, 4.69) is 0 Å². The van der Waals surface area contributed by atoms with Gasteiger partial charge in [-0.15, -0.1) is 0 Å². The number of benzene rings is 1. The second kappa shape index (κ2) is 9.37. The maximum atomic E-state index is 12.9. The number of rotatable bonds is 8. The maximum Gasteiger partial charge on any atom is 0.262 e. The molecule has 2 amide bonds. The van der Waals surface area contributed by atoms with Crippen molar-refractivity contribution in [1.82, 2.24) is 10.4 Å². The number of hydrogen-bond acceptors (Lipinski definition) is 3. The molecule has 5 nitrogen and oxygen atoms in total. The van der Waals surface area contributed by atoms with Crippen LogP contribution in [0.15, 0.2) is 24.3 Å². The lowest BCUT2D eigenvalue weighted by atomic mass is 9.91. The predicted octanol–water partition coefficient (Wildman–Crippen LogP) is 2.92. The molecule has 0 heterocycles. The van der Waals surface area contributed by atoms with E-state index in [0.717, 1.165) is 24.8 Å². The minimum absolute atomic E-state index is 0.104. The largest absolute Gasteiger partial charge is 0.333 e. The first kappa shape index (κ1) is 20.1. The Labute approximate surface area is 142 Å². The van der Waals surface area contributed by atoms with E-state index in [1.807, 2.05) is 20.8 Å². The van der Waals surface area contributed by atoms with Gasteiger partial charge in [0.1, 0.15) is 12.4 Å². The van der Waals surface area contributed by atoms with E-state index in [-0.39, 0.29) is 23.7 Å². The lowest BCUT2D eigenvalue weighted by molar-refractivity contribution is -0.140. The Morgan fingerprint density at radius 3 is 2.33 bits per heavy atom. The van der Waals surface area contributed by atoms with Crippen molar-refractivity contribution in [3.05, 3.63) is 35.6 Å². The maximum absolute atomic E-state index is 12.9. The SMILES string of the molecule is CC(C)(C)CC(=O)N(CCCCc1ccc(F)cc1)CC(=O)NO. The van der Waals surface area contributed by atoms with Gasteiger partial charge in [0.2, 0.25) is 5.91 Å². The van der Waals surface area contributed by atoms with Gasteiger partial charge in [-0.1, -0.05) is 32.9 Å². The molecule has 0 bridgehead atoms. The topological polar surface area (TPSA) is 69.6 Å². The molecule has 1 aromatic carbocycles. The van der Waals surface area contributed by atoms with Crippen LogP contribution in [0.2, 0.25) is 0 Å². The van der Waals surface area contributed by atoms with Crippen LogP contribution in [0.5, 0.6) is 0 Å². The highest BCUT2D eigenvalue weighted by Crippen LogP contribution is 2.20. The van der Waals surface area contributed by atoms with Crippen molar-refractivity contribution in [3.63, 3.8) is 0 Å². The number of nitrogens with one attached hydrogen (secondary N) is 1. The van der Waals surface area contributed by atoms with Crippen LogP contribution < -0.4 is 5.48 Å². The second-order valence-electron chi connectivity index (χ2n) is 7.17. The average molecular weight is 338 g/mol. The molecular weight excluding hydrogens is 311 g/mol. The molecule has 0 saturated carbocycles. The molecule has 0 spiro atoms. The summed E-state index contributed by atoms with van der Waals surface area (Å²) in [5, 5.41) is 8.67. The quantitative estimate of drug-likeness (QED) is 0.435. The van der Waals surface area contributed by atoms with Gasteiger partial charge in [-0.05, 0) is 42.4 Å². The van der Waals surface area contributed by atoms with Crippen molar-refractivity contribution < 1.29 is 19.2 Å². The molecule has 6 heteroatoms. The highest BCUT2D eigenvalue weighted by molar-refractivity contribution is 5.84. The molecule has 0 aromatic heterocycles. The monoisotopic (exact) mass is 338 g/mol. The number of hydroxylamine groups is 1. The summed E-state index contributed by atoms with van der Waals surface area (Å²) in [6.45, 7) is 6.18. The zero-order chi connectivity index (χ0) is 18.2. The van der Waals surface area contributed by atoms with Gasteiger partial charge in [0.25, 0.3) is 5.91 Å². The van der Waals surface area contributed by atoms with Crippen molar-refractivity contribution in [2.24, 2.45) is 5.41 Å². The number of hydrogen-bond donors (Lipinski definition) is 2. The molecule has 2 N–H and O–H groups in total. The van der Waals surface area contributed by atoms with Crippen LogP contribution in [0.4, 0.5) is 4.39 Å². The molecule has 0 unspecified atom stereocenters. The summed E-state index contributed by atoms with van der Waals surface area (Å²) < 4.78 is 12.9. The van der Waals surface area contributed by atoms with Gasteiger partial charge < -0.3 is 4.90 Å². The van der Waals surface area contributed by atoms with Crippen LogP contribution in [0.25, 0.3) is 0 Å². The third kappa shape index (κ3) is 8.06. The molecule has 0 atom stereocenters. The molecule has 24 heavy (non-hydrogen) atoms. The van der Waals surface area contributed by atoms with Crippen LogP contribution in [0.1, 0.15) is 45.6 Å². The third-order valence-electron chi connectivity index (χ3n) is 3.55. The predicted molar refractivity (Wildman–Crippen MR) is 89.9 cm³/mol. The standard InChI is InChI=1S/C18H27FN2O3/c1-18(2,3)12-17(23)21(13-16(22)20-24)11-5-4-6-14-7-9-15(19)10-8-14/h7-10,24H,4-6,11-13H2,1-3H3,(H,20,22). The summed E-state index contributed by atoms with van der Waals surface area (Å²) in [4.78, 5) is 25.2. The molecule has 1 rings (SSSR count). The van der Waals surface area contributed by atoms with E-state index in [0.29, 0.717) is 13.0 Å². The lowest BCUT2D eigenvalue weighted by Gasteiger charge is -2.26. The Hall–Kier alpha value is -1.95. The van der Waals surface area contributed by atoms with Crippen molar-refractivity contribution >= 4 is 11.8 Å². The van der Waals surface area contributed by atoms with E-state index in [4.69, 9.17) is 5.21 Å². The van der Waals surface area contributed by atoms with Crippen LogP contribution in [0.3, 0.4) is 0 Å². The Morgan fingerprint density at radius 2 is 1.79 bits per heavy atom. The smallest absolute Gasteiger partial charge is 0.262 e. The number of unbranched alkanes of at least 4 members (excludes halogenated alkanes) is 1. The van der Waals surface area contributed by atoms with Crippen molar-refractivity contribution in [2.45, 2.75) is 46.5 Å². The van der Waals surface area contributed by atoms with E-state index in [9.17, 15) is 14.0 Å². The minimum atomic E-state index is -0.601. The van der Waals surface area contributed by atoms with Gasteiger partial charge >= 0.3 is 0 Å². The average Bonchev–Trinajstić information content (AvgIpc) is 2.50. The fourth-order valence-corrected chi connectivity index (χ4v) is 2.35. The van der Waals surface area contributed by atoms with Crippen molar-refractivity contribution in [3.8, 4) is 0 Å². The molecular formula is C18H27FN2O3. The van der Waals surface area contributed by atoms with Crippen molar-refractivity contribution in [2.75, 3.05) is 13.1 Å². The summed E-state index contributed by atoms with van der Waals surface area (Å²) in [5.41, 5.74) is 2.44. The Kier molecular flexibility index (Phi) is 7.85. The second-order valence-corrected chi connectivity index (χ2v) is 7.17. The minimum Gasteiger partial charge on any atom is -0.333 e. The van der Waals surface area contributed by atoms with Gasteiger partial charge in [-0.2, -0.15) is 0 Å². The number of amides is 2. The number of carbonyl (C=O) groups is 2. The van der Waals surface area contributed by atoms with Gasteiger partial charge in [0, 0.05) is 13.0 Å². The normalized spacial score (nSPS) is 11.2. The van der Waals surface area contributed by atoms with Gasteiger partial charge in [-0.3, -0.25) is 14.8 Å². The Morgan fingerprint density at radius 1 is 1.17 bits per heavy atom. The number of aryl methyl sites for hydroxylation is 1. The highest BCUT2D eigenvalue weighted by Gasteiger charge is 2.22. The first-order chi connectivity index (χ1) is 11.2. The molecule has 0 aliphatic heterocycles. The molecule has 0 saturated heterocycles. The van der Waals surface area contributed by atoms with Crippen LogP contribution in [-0.4, -0.2) is 35.0 Å². The molecule has 0 aliphatic carbocycles. The molecule has 1 aromatic rings. The fourth-order valence-electron chi connectivity index (χ4n) is 2.35. The summed E-state index contributed by atoms with van der Waals surface area (Å²) in [5.74, 6) is -0.962. The van der Waals surface area contributed by atoms with E-state index >= 15 is 0 Å². The molecule has 134 valence electrons. The van der Waals surface area contributed by atoms with E-state index < -0.39 is 5.91 Å². The first-order valence-corrected chi connectivity index (χ1v) is 8.16. The van der Waals surface area contributed by atoms with Gasteiger partial charge in [-0.25, -0.2) is 9.87 Å². The van der Waals surface area contributed by atoms with Gasteiger partial charge in [0.05, 0.1) is 0 Å². The van der Waals surface area contributed by atoms with Gasteiger partial charge in [0.15, 0.2) is 0 Å². The summed E-state index contributed by atoms with van der Waals surface area (Å²) in [6, 6.07) is 6.36. The first-order valence-electron chi connectivity index (χ1n) is 8.16. The lowest BCUT2D eigenvalue weighted by Crippen LogP contribution is -2.41. The third-order valence-corrected chi connectivity index (χ3v) is 3.55. The fraction of sp³-hybridized carbons (Fsp3) is 0.556. The number of nitrogens with zero attached hydrogens (tertiary/aromatic N) is 1. The number of halogens is 1. The summed E-state index contributed by atoms with van der Waals surface area (Å²) in [6.07, 6.45) is 2.68. The molecule has 0 fully saturated rings. The van der Waals surface area contributed by atoms with Crippen LogP contribution in [-0.2, 0) is 16.0 Å². The molecule has 0 aliphatic rings. The highest BCUT2D eigenvalue weighted by atomic mass is 19.1. The van der Waals surface area contributed by atoms with E-state index in [1.165, 1.54) is 17.0 Å². The van der Waals surface area contributed by atoms with Crippen molar-refractivity contribution in [1.29, 1.82) is 0 Å². The van der Waals surface area contributed by atoms with E-state index in [1.54, 1.807) is 17.6 Å². The zero-order valence-electron chi connectivity index (χ0n) is 14.6. The molecule has 0 radical (unpaired) electrons. The Balaban J connectivity index is 2.50. The summed E-state index contributed by atoms with van der Waals surface area (Å²) >= 11 is 0. The summed E-state index contributed by atoms with van der Waals surface area (Å²) in [7, 11) is 0. The van der Waals surface area contributed by atoms with Crippen LogP contribution >= 0.6 is 0 Å². The van der Waals surface area contributed by atoms with Crippen LogP contribution in [0, 0.1) is 11.2 Å².